The van der Waals surface area contributed by atoms with Gasteiger partial charge in [-0.15, -0.1) is 0 Å². The first-order valence-corrected chi connectivity index (χ1v) is 16.4. The molecule has 3 aliphatic heterocycles. The fourth-order valence-electron chi connectivity index (χ4n) is 6.63. The summed E-state index contributed by atoms with van der Waals surface area (Å²) >= 11 is 0. The van der Waals surface area contributed by atoms with Gasteiger partial charge in [0.2, 0.25) is 17.4 Å². The molecule has 3 aliphatic rings. The Morgan fingerprint density at radius 1 is 0.600 bits per heavy atom. The number of ether oxygens (including phenoxy) is 5. The van der Waals surface area contributed by atoms with E-state index in [1.54, 1.807) is 0 Å². The van der Waals surface area contributed by atoms with E-state index < -0.39 is 165 Å². The Hall–Kier alpha value is 0.770. The number of rotatable bonds is 16. The summed E-state index contributed by atoms with van der Waals surface area (Å²) in [6, 6.07) is 0. The molecular weight excluding hydrogens is 781 g/mol. The molecule has 302 valence electrons. The Kier molecular flexibility index (Phi) is 22.9. The maximum Gasteiger partial charge on any atom is 1.00 e. The second kappa shape index (κ2) is 22.6. The molecule has 3 fully saturated rings. The SMILES string of the molecule is C[C@H]1C([C@H](O)C(CO)O[C@]2(C(=O)[O-])C[C@@H](O)[C@@H](C)C([C@H](O)[C@@H](CO)O[C@]3(C(=O)[O-])C[C@@H](O)[C@@H](C)C([C@H](O)[C@H](O)CO)O3)O2)O[C@@](O)(C(=O)[O-])C[C@H]1O.[Na+].[Na+].[Na+]. The number of hydrogen-bond donors (Lipinski definition) is 11. The number of carbonyl (C=O) groups is 3. The van der Waals surface area contributed by atoms with Crippen molar-refractivity contribution in [2.75, 3.05) is 19.8 Å². The van der Waals surface area contributed by atoms with Crippen LogP contribution in [0.25, 0.3) is 0 Å². The predicted octanol–water partition coefficient (Wildman–Crippen LogP) is -19.1. The molecule has 25 heteroatoms. The maximum atomic E-state index is 12.6. The molecule has 3 heterocycles. The van der Waals surface area contributed by atoms with E-state index in [4.69, 9.17) is 23.7 Å². The zero-order valence-corrected chi connectivity index (χ0v) is 37.3. The Morgan fingerprint density at radius 3 is 1.24 bits per heavy atom. The monoisotopic (exact) mass is 828 g/mol. The summed E-state index contributed by atoms with van der Waals surface area (Å²) in [7, 11) is 0. The standard InChI is InChI=1S/C30H50O22.3Na/c1-10-13(34)4-28(47,25(41)42)50-23(10)20(39)17(8-32)48-30(27(45)46)6-15(36)12(3)24(52-30)21(40)18(9-33)49-29(26(43)44)5-14(35)11(2)22(51-29)19(38)16(37)7-31;;;/h10-24,31-40,47H,4-9H2,1-3H3,(H,41,42)(H,43,44)(H,45,46);;;/q;3*+1/p-3/t10-,11-,12-,13-,14-,15-,16-,17?,18-,19-,20-,21-,22?,23?,24?,28-,29-,30-;;;/m1.../s1. The van der Waals surface area contributed by atoms with Gasteiger partial charge in [0.05, 0.1) is 56.4 Å². The van der Waals surface area contributed by atoms with E-state index in [0.717, 1.165) is 0 Å². The van der Waals surface area contributed by atoms with Crippen molar-refractivity contribution in [3.05, 3.63) is 0 Å². The summed E-state index contributed by atoms with van der Waals surface area (Å²) < 4.78 is 27.0. The molecule has 0 spiro atoms. The van der Waals surface area contributed by atoms with E-state index in [1.165, 1.54) is 20.8 Å². The molecule has 0 saturated carbocycles. The number of carbonyl (C=O) groups excluding carboxylic acids is 3. The molecule has 3 rings (SSSR count). The van der Waals surface area contributed by atoms with E-state index in [0.29, 0.717) is 0 Å². The number of aliphatic carboxylic acids is 3. The molecule has 0 aromatic rings. The fourth-order valence-corrected chi connectivity index (χ4v) is 6.63. The smallest absolute Gasteiger partial charge is 0.544 e. The van der Waals surface area contributed by atoms with Gasteiger partial charge in [0.1, 0.15) is 54.5 Å². The molecule has 0 amide bonds. The Morgan fingerprint density at radius 2 is 0.927 bits per heavy atom. The zero-order chi connectivity index (χ0) is 39.7. The van der Waals surface area contributed by atoms with Gasteiger partial charge in [-0.25, -0.2) is 0 Å². The van der Waals surface area contributed by atoms with E-state index in [9.17, 15) is 85.9 Å². The Labute approximate surface area is 381 Å². The van der Waals surface area contributed by atoms with Gasteiger partial charge in [-0.3, -0.25) is 0 Å². The second-order valence-corrected chi connectivity index (χ2v) is 13.7. The first kappa shape index (κ1) is 55.8. The molecule has 11 N–H and O–H groups in total. The molecule has 0 bridgehead atoms. The van der Waals surface area contributed by atoms with Gasteiger partial charge in [-0.05, 0) is 0 Å². The summed E-state index contributed by atoms with van der Waals surface area (Å²) in [6.45, 7) is 0.238. The van der Waals surface area contributed by atoms with Gasteiger partial charge >= 0.3 is 88.7 Å². The number of aliphatic hydroxyl groups excluding tert-OH is 10. The van der Waals surface area contributed by atoms with E-state index in [2.05, 4.69) is 0 Å². The average Bonchev–Trinajstić information content (AvgIpc) is 3.09. The molecule has 0 aromatic heterocycles. The molecule has 0 aromatic carbocycles. The molecule has 18 atom stereocenters. The van der Waals surface area contributed by atoms with Crippen LogP contribution in [-0.2, 0) is 38.1 Å². The minimum absolute atomic E-state index is 0. The molecule has 22 nitrogen and oxygen atoms in total. The van der Waals surface area contributed by atoms with Crippen LogP contribution in [0.4, 0.5) is 0 Å². The van der Waals surface area contributed by atoms with Crippen molar-refractivity contribution >= 4 is 17.9 Å². The minimum Gasteiger partial charge on any atom is -0.544 e. The molecule has 0 radical (unpaired) electrons. The van der Waals surface area contributed by atoms with Crippen LogP contribution in [0.2, 0.25) is 0 Å². The Balaban J connectivity index is 0.00000972. The summed E-state index contributed by atoms with van der Waals surface area (Å²) in [4.78, 5) is 36.5. The van der Waals surface area contributed by atoms with Crippen LogP contribution in [-0.4, -0.2) is 185 Å². The molecule has 55 heavy (non-hydrogen) atoms. The van der Waals surface area contributed by atoms with Crippen LogP contribution >= 0.6 is 0 Å². The van der Waals surface area contributed by atoms with Crippen molar-refractivity contribution in [3.8, 4) is 0 Å². The molecule has 0 aliphatic carbocycles. The topological polar surface area (TPSA) is 389 Å². The van der Waals surface area contributed by atoms with Crippen molar-refractivity contribution in [1.82, 2.24) is 0 Å². The summed E-state index contributed by atoms with van der Waals surface area (Å²) in [5.74, 6) is -19.6. The number of aliphatic hydroxyl groups is 11. The summed E-state index contributed by atoms with van der Waals surface area (Å²) in [5.41, 5.74) is 0. The first-order chi connectivity index (χ1) is 24.0. The van der Waals surface area contributed by atoms with E-state index in [1.807, 2.05) is 0 Å². The van der Waals surface area contributed by atoms with E-state index >= 15 is 0 Å². The second-order valence-electron chi connectivity index (χ2n) is 13.7. The van der Waals surface area contributed by atoms with Crippen LogP contribution in [0.1, 0.15) is 40.0 Å². The summed E-state index contributed by atoms with van der Waals surface area (Å²) in [5, 5.41) is 151. The maximum absolute atomic E-state index is 12.6. The summed E-state index contributed by atoms with van der Waals surface area (Å²) in [6.07, 6.45) is -26.2. The van der Waals surface area contributed by atoms with Gasteiger partial charge in [-0.1, -0.05) is 20.8 Å². The third-order valence-corrected chi connectivity index (χ3v) is 10.1. The van der Waals surface area contributed by atoms with Gasteiger partial charge < -0.3 is 110 Å². The number of carboxylic acids is 3. The predicted molar refractivity (Wildman–Crippen MR) is 154 cm³/mol. The third kappa shape index (κ3) is 12.0. The van der Waals surface area contributed by atoms with Crippen LogP contribution < -0.4 is 104 Å². The van der Waals surface area contributed by atoms with Gasteiger partial charge in [0, 0.05) is 37.0 Å². The van der Waals surface area contributed by atoms with Crippen molar-refractivity contribution < 1.29 is 198 Å². The Bertz CT molecular complexity index is 1260. The quantitative estimate of drug-likeness (QED) is 0.0643. The van der Waals surface area contributed by atoms with Gasteiger partial charge in [0.25, 0.3) is 0 Å². The molecule has 4 unspecified atom stereocenters. The van der Waals surface area contributed by atoms with Gasteiger partial charge in [0.15, 0.2) is 0 Å². The molecular formula is C30H47Na3O22. The van der Waals surface area contributed by atoms with Crippen molar-refractivity contribution in [2.24, 2.45) is 17.8 Å². The van der Waals surface area contributed by atoms with Crippen molar-refractivity contribution in [2.45, 2.75) is 131 Å². The zero-order valence-electron chi connectivity index (χ0n) is 31.3. The average molecular weight is 829 g/mol. The molecule has 3 saturated heterocycles. The van der Waals surface area contributed by atoms with Gasteiger partial charge in [-0.2, -0.15) is 0 Å². The largest absolute Gasteiger partial charge is 1.00 e. The van der Waals surface area contributed by atoms with Crippen LogP contribution in [0.5, 0.6) is 0 Å². The minimum atomic E-state index is -3.18. The van der Waals surface area contributed by atoms with E-state index in [-0.39, 0.29) is 88.7 Å². The van der Waals surface area contributed by atoms with Crippen LogP contribution in [0.3, 0.4) is 0 Å². The number of hydrogen-bond acceptors (Lipinski definition) is 22. The third-order valence-electron chi connectivity index (χ3n) is 10.1. The van der Waals surface area contributed by atoms with Crippen LogP contribution in [0.15, 0.2) is 0 Å². The first-order valence-electron chi connectivity index (χ1n) is 16.4. The van der Waals surface area contributed by atoms with Crippen LogP contribution in [0, 0.1) is 17.8 Å². The fraction of sp³-hybridized carbons (Fsp3) is 0.900. The van der Waals surface area contributed by atoms with Crippen molar-refractivity contribution in [3.63, 3.8) is 0 Å². The normalized spacial score (nSPS) is 39.7. The number of carboxylic acid groups (broad SMARTS) is 3. The van der Waals surface area contributed by atoms with Crippen molar-refractivity contribution in [1.29, 1.82) is 0 Å².